The Morgan fingerprint density at radius 3 is 2.32 bits per heavy atom. The summed E-state index contributed by atoms with van der Waals surface area (Å²) in [4.78, 5) is 23.6. The quantitative estimate of drug-likeness (QED) is 0.627. The van der Waals surface area contributed by atoms with Crippen molar-refractivity contribution in [2.24, 2.45) is 23.5 Å². The molecule has 4 atom stereocenters. The zero-order chi connectivity index (χ0) is 19.6. The number of carbonyl (C=O) groups excluding carboxylic acids is 2. The number of esters is 1. The lowest BCUT2D eigenvalue weighted by atomic mass is 9.84. The molecule has 1 aromatic rings. The highest BCUT2D eigenvalue weighted by atomic mass is 35.5. The first-order valence-corrected chi connectivity index (χ1v) is 11.0. The maximum atomic E-state index is 12.5. The third-order valence-corrected chi connectivity index (χ3v) is 7.17. The molecule has 2 bridgehead atoms. The van der Waals surface area contributed by atoms with E-state index >= 15 is 0 Å². The Labute approximate surface area is 171 Å². The number of fused-ring (bicyclic) bond motifs is 2. The largest absolute Gasteiger partial charge is 0.468 e. The van der Waals surface area contributed by atoms with Gasteiger partial charge in [0.25, 0.3) is 0 Å². The highest BCUT2D eigenvalue weighted by Gasteiger charge is 2.48. The normalized spacial score (nSPS) is 25.8. The minimum atomic E-state index is -3.56. The topological polar surface area (TPSA) is 116 Å². The Bertz CT molecular complexity index is 810. The lowest BCUT2D eigenvalue weighted by Gasteiger charge is -2.27. The Kier molecular flexibility index (Phi) is 7.47. The van der Waals surface area contributed by atoms with Gasteiger partial charge in [-0.3, -0.25) is 9.59 Å². The fraction of sp³-hybridized carbons (Fsp3) is 0.579. The SMILES string of the molecule is COC(=O)CS(=O)(=O)Cc1ccc(CNC(=O)C2C3CCC(C3)C2N)cc1.Cl. The molecule has 0 saturated heterocycles. The second kappa shape index (κ2) is 9.24. The summed E-state index contributed by atoms with van der Waals surface area (Å²) in [5.74, 6) is -0.816. The summed E-state index contributed by atoms with van der Waals surface area (Å²) in [5.41, 5.74) is 7.68. The van der Waals surface area contributed by atoms with Crippen molar-refractivity contribution in [2.75, 3.05) is 12.9 Å². The maximum Gasteiger partial charge on any atom is 0.320 e. The predicted molar refractivity (Wildman–Crippen MR) is 107 cm³/mol. The molecule has 9 heteroatoms. The average Bonchev–Trinajstić information content (AvgIpc) is 3.21. The number of carbonyl (C=O) groups is 2. The average molecular weight is 431 g/mol. The van der Waals surface area contributed by atoms with E-state index in [4.69, 9.17) is 5.73 Å². The van der Waals surface area contributed by atoms with Gasteiger partial charge in [-0.05, 0) is 42.2 Å². The van der Waals surface area contributed by atoms with Gasteiger partial charge in [0, 0.05) is 12.6 Å². The van der Waals surface area contributed by atoms with Crippen LogP contribution in [0.3, 0.4) is 0 Å². The van der Waals surface area contributed by atoms with Crippen LogP contribution in [0.2, 0.25) is 0 Å². The van der Waals surface area contributed by atoms with E-state index in [9.17, 15) is 18.0 Å². The molecule has 2 aliphatic rings. The molecule has 1 aromatic carbocycles. The molecule has 3 rings (SSSR count). The number of hydrogen-bond acceptors (Lipinski definition) is 6. The van der Waals surface area contributed by atoms with Gasteiger partial charge in [-0.15, -0.1) is 12.4 Å². The number of hydrogen-bond donors (Lipinski definition) is 2. The van der Waals surface area contributed by atoms with Crippen LogP contribution in [-0.2, 0) is 36.5 Å². The summed E-state index contributed by atoms with van der Waals surface area (Å²) in [6.45, 7) is 0.384. The number of ether oxygens (including phenoxy) is 1. The number of amides is 1. The molecule has 0 spiro atoms. The van der Waals surface area contributed by atoms with Crippen molar-refractivity contribution in [2.45, 2.75) is 37.6 Å². The van der Waals surface area contributed by atoms with Crippen molar-refractivity contribution in [3.63, 3.8) is 0 Å². The van der Waals surface area contributed by atoms with E-state index in [0.29, 0.717) is 23.9 Å². The molecule has 28 heavy (non-hydrogen) atoms. The molecular weight excluding hydrogens is 404 g/mol. The second-order valence-electron chi connectivity index (χ2n) is 7.58. The monoisotopic (exact) mass is 430 g/mol. The lowest BCUT2D eigenvalue weighted by Crippen LogP contribution is -2.45. The minimum absolute atomic E-state index is 0. The van der Waals surface area contributed by atoms with Gasteiger partial charge in [0.1, 0.15) is 5.75 Å². The van der Waals surface area contributed by atoms with Crippen LogP contribution >= 0.6 is 12.4 Å². The number of nitrogens with two attached hydrogens (primary N) is 1. The molecule has 0 radical (unpaired) electrons. The first kappa shape index (κ1) is 22.6. The molecule has 2 fully saturated rings. The van der Waals surface area contributed by atoms with Crippen molar-refractivity contribution in [3.05, 3.63) is 35.4 Å². The Hall–Kier alpha value is -1.64. The summed E-state index contributed by atoms with van der Waals surface area (Å²) < 4.78 is 28.3. The summed E-state index contributed by atoms with van der Waals surface area (Å²) in [6, 6.07) is 6.92. The molecule has 0 aromatic heterocycles. The van der Waals surface area contributed by atoms with Gasteiger partial charge in [-0.2, -0.15) is 0 Å². The van der Waals surface area contributed by atoms with Crippen molar-refractivity contribution in [3.8, 4) is 0 Å². The number of benzene rings is 1. The fourth-order valence-electron chi connectivity index (χ4n) is 4.33. The first-order valence-electron chi connectivity index (χ1n) is 9.17. The van der Waals surface area contributed by atoms with Crippen LogP contribution in [0.4, 0.5) is 0 Å². The van der Waals surface area contributed by atoms with Gasteiger partial charge >= 0.3 is 5.97 Å². The third-order valence-electron chi connectivity index (χ3n) is 5.73. The number of rotatable bonds is 7. The Morgan fingerprint density at radius 2 is 1.75 bits per heavy atom. The van der Waals surface area contributed by atoms with Crippen LogP contribution in [0.25, 0.3) is 0 Å². The zero-order valence-electron chi connectivity index (χ0n) is 15.8. The smallest absolute Gasteiger partial charge is 0.320 e. The van der Waals surface area contributed by atoms with E-state index in [0.717, 1.165) is 31.9 Å². The minimum Gasteiger partial charge on any atom is -0.468 e. The highest BCUT2D eigenvalue weighted by molar-refractivity contribution is 7.91. The highest BCUT2D eigenvalue weighted by Crippen LogP contribution is 2.47. The zero-order valence-corrected chi connectivity index (χ0v) is 17.4. The molecule has 3 N–H and O–H groups in total. The number of sulfone groups is 1. The van der Waals surface area contributed by atoms with Crippen LogP contribution in [0.1, 0.15) is 30.4 Å². The van der Waals surface area contributed by atoms with Crippen LogP contribution in [-0.4, -0.2) is 39.2 Å². The van der Waals surface area contributed by atoms with Gasteiger partial charge in [0.05, 0.1) is 18.8 Å². The Balaban J connectivity index is 0.00000280. The lowest BCUT2D eigenvalue weighted by molar-refractivity contribution is -0.137. The van der Waals surface area contributed by atoms with Gasteiger partial charge in [-0.1, -0.05) is 24.3 Å². The Morgan fingerprint density at radius 1 is 1.14 bits per heavy atom. The predicted octanol–water partition coefficient (Wildman–Crippen LogP) is 1.19. The molecule has 2 saturated carbocycles. The van der Waals surface area contributed by atoms with Crippen LogP contribution in [0, 0.1) is 17.8 Å². The van der Waals surface area contributed by atoms with Crippen LogP contribution < -0.4 is 11.1 Å². The summed E-state index contributed by atoms with van der Waals surface area (Å²) in [6.07, 6.45) is 3.29. The number of halogens is 1. The second-order valence-corrected chi connectivity index (χ2v) is 9.64. The number of methoxy groups -OCH3 is 1. The molecule has 0 heterocycles. The molecule has 1 amide bonds. The van der Waals surface area contributed by atoms with E-state index in [1.54, 1.807) is 24.3 Å². The standard InChI is InChI=1S/C19H26N2O5S.ClH/c1-26-16(22)11-27(24,25)10-13-4-2-12(3-5-13)9-21-19(23)17-14-6-7-15(8-14)18(17)20;/h2-5,14-15,17-18H,6-11,20H2,1H3,(H,21,23);1H. The van der Waals surface area contributed by atoms with E-state index in [2.05, 4.69) is 10.1 Å². The van der Waals surface area contributed by atoms with Gasteiger partial charge in [0.2, 0.25) is 5.91 Å². The van der Waals surface area contributed by atoms with Crippen LogP contribution in [0.5, 0.6) is 0 Å². The molecule has 156 valence electrons. The molecule has 0 aliphatic heterocycles. The van der Waals surface area contributed by atoms with Gasteiger partial charge in [-0.25, -0.2) is 8.42 Å². The first-order chi connectivity index (χ1) is 12.8. The van der Waals surface area contributed by atoms with E-state index < -0.39 is 21.6 Å². The molecular formula is C19H27ClN2O5S. The van der Waals surface area contributed by atoms with Gasteiger partial charge < -0.3 is 15.8 Å². The summed E-state index contributed by atoms with van der Waals surface area (Å²) >= 11 is 0. The molecule has 4 unspecified atom stereocenters. The molecule has 7 nitrogen and oxygen atoms in total. The van der Waals surface area contributed by atoms with Crippen molar-refractivity contribution in [1.29, 1.82) is 0 Å². The summed E-state index contributed by atoms with van der Waals surface area (Å²) in [7, 11) is -2.41. The van der Waals surface area contributed by atoms with E-state index in [1.807, 2.05) is 0 Å². The third kappa shape index (κ3) is 5.24. The maximum absolute atomic E-state index is 12.5. The number of nitrogens with one attached hydrogen (secondary N) is 1. The van der Waals surface area contributed by atoms with Crippen molar-refractivity contribution in [1.82, 2.24) is 5.32 Å². The van der Waals surface area contributed by atoms with Gasteiger partial charge in [0.15, 0.2) is 9.84 Å². The van der Waals surface area contributed by atoms with Crippen LogP contribution in [0.15, 0.2) is 24.3 Å². The fourth-order valence-corrected chi connectivity index (χ4v) is 5.61. The van der Waals surface area contributed by atoms with E-state index in [-0.39, 0.29) is 36.0 Å². The van der Waals surface area contributed by atoms with Crippen molar-refractivity contribution >= 4 is 34.1 Å². The van der Waals surface area contributed by atoms with E-state index in [1.165, 1.54) is 0 Å². The van der Waals surface area contributed by atoms with Crippen molar-refractivity contribution < 1.29 is 22.7 Å². The molecule has 2 aliphatic carbocycles. The summed E-state index contributed by atoms with van der Waals surface area (Å²) in [5, 5.41) is 2.96.